The topological polar surface area (TPSA) is 69.9 Å². The average molecular weight is 383 g/mol. The Labute approximate surface area is 167 Å². The van der Waals surface area contributed by atoms with Gasteiger partial charge < -0.3 is 4.74 Å². The molecule has 150 valence electrons. The van der Waals surface area contributed by atoms with Gasteiger partial charge in [-0.3, -0.25) is 4.79 Å². The third kappa shape index (κ3) is 4.49. The molecule has 0 saturated heterocycles. The number of aryl methyl sites for hydroxylation is 3. The molecule has 1 atom stereocenters. The number of allylic oxidation sites excluding steroid dienone is 1. The highest BCUT2D eigenvalue weighted by atomic mass is 16.5. The Bertz CT molecular complexity index is 920. The first-order valence-corrected chi connectivity index (χ1v) is 9.78. The van der Waals surface area contributed by atoms with E-state index in [4.69, 9.17) is 4.74 Å². The molecular formula is C22H30N4O2. The molecule has 2 aromatic heterocycles. The molecular weight excluding hydrogens is 352 g/mol. The molecule has 6 heteroatoms. The van der Waals surface area contributed by atoms with Gasteiger partial charge in [0, 0.05) is 22.6 Å². The Hall–Kier alpha value is -2.50. The van der Waals surface area contributed by atoms with Crippen LogP contribution >= 0.6 is 0 Å². The standard InChI is InChI=1S/C22H30N4O2/c1-13-8-18(12-22(6,7)11-13)28-20(27)10-19-16(4)25-26(17(19)5)21-23-14(2)9-15(3)24-21/h8-9,18H,10-12H2,1-7H3/t18-/m0/s1. The third-order valence-electron chi connectivity index (χ3n) is 5.19. The van der Waals surface area contributed by atoms with Crippen molar-refractivity contribution in [2.75, 3.05) is 0 Å². The van der Waals surface area contributed by atoms with Crippen molar-refractivity contribution < 1.29 is 9.53 Å². The summed E-state index contributed by atoms with van der Waals surface area (Å²) in [4.78, 5) is 21.6. The lowest BCUT2D eigenvalue weighted by atomic mass is 9.76. The minimum Gasteiger partial charge on any atom is -0.458 e. The van der Waals surface area contributed by atoms with Gasteiger partial charge in [-0.25, -0.2) is 14.6 Å². The van der Waals surface area contributed by atoms with Gasteiger partial charge in [0.1, 0.15) is 6.10 Å². The second-order valence-corrected chi connectivity index (χ2v) is 8.78. The van der Waals surface area contributed by atoms with E-state index in [9.17, 15) is 4.79 Å². The molecule has 0 radical (unpaired) electrons. The van der Waals surface area contributed by atoms with Crippen molar-refractivity contribution >= 4 is 5.97 Å². The van der Waals surface area contributed by atoms with Crippen molar-refractivity contribution in [3.05, 3.63) is 46.1 Å². The molecule has 3 rings (SSSR count). The largest absolute Gasteiger partial charge is 0.458 e. The molecule has 1 aliphatic carbocycles. The normalized spacial score (nSPS) is 18.7. The third-order valence-corrected chi connectivity index (χ3v) is 5.19. The van der Waals surface area contributed by atoms with E-state index in [-0.39, 0.29) is 23.9 Å². The maximum atomic E-state index is 12.6. The van der Waals surface area contributed by atoms with Crippen molar-refractivity contribution in [1.82, 2.24) is 19.7 Å². The fourth-order valence-electron chi connectivity index (χ4n) is 4.16. The van der Waals surface area contributed by atoms with E-state index in [1.807, 2.05) is 33.8 Å². The smallest absolute Gasteiger partial charge is 0.310 e. The second kappa shape index (κ2) is 7.49. The van der Waals surface area contributed by atoms with E-state index in [1.165, 1.54) is 5.57 Å². The molecule has 0 N–H and O–H groups in total. The summed E-state index contributed by atoms with van der Waals surface area (Å²) < 4.78 is 7.49. The number of nitrogens with zero attached hydrogens (tertiary/aromatic N) is 4. The molecule has 0 unspecified atom stereocenters. The lowest BCUT2D eigenvalue weighted by molar-refractivity contribution is -0.147. The molecule has 0 aliphatic heterocycles. The van der Waals surface area contributed by atoms with Crippen LogP contribution in [0.3, 0.4) is 0 Å². The van der Waals surface area contributed by atoms with Crippen molar-refractivity contribution in [2.45, 2.75) is 73.8 Å². The molecule has 2 heterocycles. The van der Waals surface area contributed by atoms with Gasteiger partial charge in [-0.05, 0) is 65.0 Å². The van der Waals surface area contributed by atoms with Gasteiger partial charge in [-0.1, -0.05) is 19.4 Å². The van der Waals surface area contributed by atoms with Gasteiger partial charge in [-0.15, -0.1) is 0 Å². The molecule has 0 amide bonds. The van der Waals surface area contributed by atoms with Crippen LogP contribution in [0.5, 0.6) is 0 Å². The molecule has 28 heavy (non-hydrogen) atoms. The first-order valence-electron chi connectivity index (χ1n) is 9.78. The Morgan fingerprint density at radius 2 is 1.82 bits per heavy atom. The van der Waals surface area contributed by atoms with Crippen LogP contribution in [-0.2, 0) is 16.0 Å². The summed E-state index contributed by atoms with van der Waals surface area (Å²) in [6, 6.07) is 1.93. The lowest BCUT2D eigenvalue weighted by Crippen LogP contribution is -2.29. The number of rotatable bonds is 4. The van der Waals surface area contributed by atoms with Crippen LogP contribution in [-0.4, -0.2) is 31.8 Å². The van der Waals surface area contributed by atoms with Crippen LogP contribution in [0.1, 0.15) is 62.0 Å². The Morgan fingerprint density at radius 3 is 2.43 bits per heavy atom. The van der Waals surface area contributed by atoms with Crippen molar-refractivity contribution in [1.29, 1.82) is 0 Å². The minimum atomic E-state index is -0.223. The van der Waals surface area contributed by atoms with Crippen LogP contribution in [0.2, 0.25) is 0 Å². The molecule has 1 aliphatic rings. The molecule has 0 aromatic carbocycles. The molecule has 0 spiro atoms. The second-order valence-electron chi connectivity index (χ2n) is 8.78. The van der Waals surface area contributed by atoms with Gasteiger partial charge in [0.15, 0.2) is 0 Å². The number of ether oxygens (including phenoxy) is 1. The van der Waals surface area contributed by atoms with Crippen LogP contribution in [0.15, 0.2) is 17.7 Å². The highest BCUT2D eigenvalue weighted by Crippen LogP contribution is 2.36. The van der Waals surface area contributed by atoms with Gasteiger partial charge in [-0.2, -0.15) is 5.10 Å². The summed E-state index contributed by atoms with van der Waals surface area (Å²) in [5, 5.41) is 4.57. The Morgan fingerprint density at radius 1 is 1.18 bits per heavy atom. The predicted octanol–water partition coefficient (Wildman–Crippen LogP) is 4.12. The van der Waals surface area contributed by atoms with Crippen molar-refractivity contribution in [3.8, 4) is 5.95 Å². The van der Waals surface area contributed by atoms with Crippen molar-refractivity contribution in [2.24, 2.45) is 5.41 Å². The Balaban J connectivity index is 1.79. The number of carbonyl (C=O) groups is 1. The quantitative estimate of drug-likeness (QED) is 0.588. The fourth-order valence-corrected chi connectivity index (χ4v) is 4.16. The maximum Gasteiger partial charge on any atom is 0.310 e. The number of hydrogen-bond donors (Lipinski definition) is 0. The summed E-state index contributed by atoms with van der Waals surface area (Å²) in [7, 11) is 0. The number of esters is 1. The number of aromatic nitrogens is 4. The summed E-state index contributed by atoms with van der Waals surface area (Å²) in [5.74, 6) is 0.309. The summed E-state index contributed by atoms with van der Waals surface area (Å²) >= 11 is 0. The zero-order valence-corrected chi connectivity index (χ0v) is 18.0. The highest BCUT2D eigenvalue weighted by molar-refractivity contribution is 5.73. The molecule has 0 fully saturated rings. The zero-order valence-electron chi connectivity index (χ0n) is 18.0. The van der Waals surface area contributed by atoms with Crippen LogP contribution in [0.4, 0.5) is 0 Å². The van der Waals surface area contributed by atoms with E-state index < -0.39 is 0 Å². The zero-order chi connectivity index (χ0) is 20.6. The van der Waals surface area contributed by atoms with Gasteiger partial charge in [0.2, 0.25) is 0 Å². The van der Waals surface area contributed by atoms with Crippen LogP contribution in [0.25, 0.3) is 5.95 Å². The first-order chi connectivity index (χ1) is 13.0. The van der Waals surface area contributed by atoms with Gasteiger partial charge in [0.05, 0.1) is 12.1 Å². The van der Waals surface area contributed by atoms with Gasteiger partial charge in [0.25, 0.3) is 5.95 Å². The molecule has 0 bridgehead atoms. The monoisotopic (exact) mass is 382 g/mol. The lowest BCUT2D eigenvalue weighted by Gasteiger charge is -2.33. The average Bonchev–Trinajstić information content (AvgIpc) is 2.80. The summed E-state index contributed by atoms with van der Waals surface area (Å²) in [6.07, 6.45) is 4.02. The van der Waals surface area contributed by atoms with Gasteiger partial charge >= 0.3 is 5.97 Å². The highest BCUT2D eigenvalue weighted by Gasteiger charge is 2.29. The van der Waals surface area contributed by atoms with E-state index >= 15 is 0 Å². The van der Waals surface area contributed by atoms with Crippen LogP contribution in [0, 0.1) is 33.1 Å². The molecule has 0 saturated carbocycles. The van der Waals surface area contributed by atoms with E-state index in [1.54, 1.807) is 4.68 Å². The van der Waals surface area contributed by atoms with E-state index in [0.717, 1.165) is 41.2 Å². The predicted molar refractivity (Wildman–Crippen MR) is 108 cm³/mol. The van der Waals surface area contributed by atoms with Crippen LogP contribution < -0.4 is 0 Å². The summed E-state index contributed by atoms with van der Waals surface area (Å²) in [5.41, 5.74) is 5.75. The van der Waals surface area contributed by atoms with E-state index in [0.29, 0.717) is 5.95 Å². The molecule has 6 nitrogen and oxygen atoms in total. The fraction of sp³-hybridized carbons (Fsp3) is 0.545. The summed E-state index contributed by atoms with van der Waals surface area (Å²) in [6.45, 7) is 14.2. The minimum absolute atomic E-state index is 0.154. The number of hydrogen-bond acceptors (Lipinski definition) is 5. The Kier molecular flexibility index (Phi) is 5.41. The first kappa shape index (κ1) is 20.2. The SMILES string of the molecule is CC1=C[C@H](OC(=O)Cc2c(C)nn(-c3nc(C)cc(C)n3)c2C)CC(C)(C)C1. The maximum absolute atomic E-state index is 12.6. The van der Waals surface area contributed by atoms with Crippen molar-refractivity contribution in [3.63, 3.8) is 0 Å². The number of carbonyl (C=O) groups excluding carboxylic acids is 1. The van der Waals surface area contributed by atoms with E-state index in [2.05, 4.69) is 41.9 Å². The molecule has 2 aromatic rings.